The van der Waals surface area contributed by atoms with Crippen LogP contribution in [0.25, 0.3) is 114 Å². The maximum absolute atomic E-state index is 5.35. The van der Waals surface area contributed by atoms with E-state index in [0.29, 0.717) is 0 Å². The van der Waals surface area contributed by atoms with Gasteiger partial charge in [0, 0.05) is 37.7 Å². The van der Waals surface area contributed by atoms with E-state index in [1.165, 1.54) is 58.8 Å². The van der Waals surface area contributed by atoms with Crippen LogP contribution in [0.15, 0.2) is 188 Å². The summed E-state index contributed by atoms with van der Waals surface area (Å²) in [5, 5.41) is 11.2. The summed E-state index contributed by atoms with van der Waals surface area (Å²) >= 11 is 1.78. The quantitative estimate of drug-likeness (QED) is 0.169. The van der Waals surface area contributed by atoms with Crippen LogP contribution in [0, 0.1) is 0 Å². The van der Waals surface area contributed by atoms with Gasteiger partial charge in [0.05, 0.1) is 26.9 Å². The minimum Gasteiger partial charge on any atom is -0.309 e. The normalized spacial score (nSPS) is 11.9. The molecule has 0 atom stereocenters. The molecule has 3 aromatic heterocycles. The van der Waals surface area contributed by atoms with Gasteiger partial charge in [0.25, 0.3) is 0 Å². The number of fused-ring (bicyclic) bond motifs is 12. The molecular weight excluding hydrogens is 699 g/mol. The van der Waals surface area contributed by atoms with Gasteiger partial charge in [-0.3, -0.25) is 0 Å². The van der Waals surface area contributed by atoms with Gasteiger partial charge < -0.3 is 4.57 Å². The first kappa shape index (κ1) is 31.2. The Morgan fingerprint density at radius 1 is 0.357 bits per heavy atom. The summed E-state index contributed by atoms with van der Waals surface area (Å²) in [5.74, 6) is 0.732. The first-order valence-electron chi connectivity index (χ1n) is 19.0. The predicted octanol–water partition coefficient (Wildman–Crippen LogP) is 14.4. The molecule has 56 heavy (non-hydrogen) atoms. The summed E-state index contributed by atoms with van der Waals surface area (Å²) in [6.07, 6.45) is 0. The molecule has 0 saturated heterocycles. The lowest BCUT2D eigenvalue weighted by Crippen LogP contribution is -1.94. The van der Waals surface area contributed by atoms with Crippen molar-refractivity contribution in [2.45, 2.75) is 0 Å². The van der Waals surface area contributed by atoms with Crippen LogP contribution in [0.2, 0.25) is 0 Å². The Hall–Kier alpha value is -7.14. The van der Waals surface area contributed by atoms with E-state index in [2.05, 4.69) is 187 Å². The van der Waals surface area contributed by atoms with Crippen molar-refractivity contribution >= 4 is 85.8 Å². The first-order valence-corrected chi connectivity index (χ1v) is 19.8. The molecule has 0 amide bonds. The molecule has 12 aromatic rings. The van der Waals surface area contributed by atoms with Crippen LogP contribution in [0.3, 0.4) is 0 Å². The van der Waals surface area contributed by atoms with Crippen LogP contribution in [0.5, 0.6) is 0 Å². The fourth-order valence-corrected chi connectivity index (χ4v) is 9.95. The van der Waals surface area contributed by atoms with Gasteiger partial charge in [-0.15, -0.1) is 11.3 Å². The number of rotatable bonds is 4. The van der Waals surface area contributed by atoms with E-state index < -0.39 is 0 Å². The van der Waals surface area contributed by atoms with E-state index in [4.69, 9.17) is 9.97 Å². The smallest absolute Gasteiger partial charge is 0.160 e. The van der Waals surface area contributed by atoms with Crippen molar-refractivity contribution in [3.05, 3.63) is 188 Å². The second kappa shape index (κ2) is 12.2. The van der Waals surface area contributed by atoms with E-state index in [1.54, 1.807) is 11.3 Å². The number of aromatic nitrogens is 3. The largest absolute Gasteiger partial charge is 0.309 e. The highest BCUT2D eigenvalue weighted by Gasteiger charge is 2.19. The Balaban J connectivity index is 1.07. The van der Waals surface area contributed by atoms with Gasteiger partial charge in [-0.1, -0.05) is 146 Å². The molecule has 0 bridgehead atoms. The molecular formula is C52H31N3S. The van der Waals surface area contributed by atoms with Crippen molar-refractivity contribution < 1.29 is 0 Å². The van der Waals surface area contributed by atoms with Crippen molar-refractivity contribution in [1.82, 2.24) is 14.5 Å². The van der Waals surface area contributed by atoms with Crippen molar-refractivity contribution in [1.29, 1.82) is 0 Å². The molecule has 0 radical (unpaired) electrons. The summed E-state index contributed by atoms with van der Waals surface area (Å²) < 4.78 is 4.68. The first-order chi connectivity index (χ1) is 27.8. The monoisotopic (exact) mass is 729 g/mol. The summed E-state index contributed by atoms with van der Waals surface area (Å²) in [7, 11) is 0. The molecule has 260 valence electrons. The van der Waals surface area contributed by atoms with E-state index in [9.17, 15) is 0 Å². The summed E-state index contributed by atoms with van der Waals surface area (Å²) in [6, 6.07) is 67.8. The minimum atomic E-state index is 0.732. The van der Waals surface area contributed by atoms with Gasteiger partial charge in [-0.05, 0) is 85.9 Å². The lowest BCUT2D eigenvalue weighted by molar-refractivity contribution is 1.18. The number of thiophene rings is 1. The lowest BCUT2D eigenvalue weighted by atomic mass is 9.93. The number of hydrogen-bond acceptors (Lipinski definition) is 3. The second-order valence-electron chi connectivity index (χ2n) is 14.5. The van der Waals surface area contributed by atoms with Crippen molar-refractivity contribution in [2.75, 3.05) is 0 Å². The third-order valence-electron chi connectivity index (χ3n) is 11.4. The molecule has 9 aromatic carbocycles. The molecule has 3 nitrogen and oxygen atoms in total. The Kier molecular flexibility index (Phi) is 6.80. The third-order valence-corrected chi connectivity index (χ3v) is 12.5. The van der Waals surface area contributed by atoms with Gasteiger partial charge in [0.2, 0.25) is 0 Å². The Morgan fingerprint density at radius 2 is 0.893 bits per heavy atom. The molecule has 0 saturated carbocycles. The van der Waals surface area contributed by atoms with E-state index in [-0.39, 0.29) is 0 Å². The zero-order chi connectivity index (χ0) is 36.7. The summed E-state index contributed by atoms with van der Waals surface area (Å²) in [4.78, 5) is 10.7. The highest BCUT2D eigenvalue weighted by Crippen LogP contribution is 2.43. The number of para-hydroxylation sites is 2. The minimum absolute atomic E-state index is 0.732. The number of benzene rings is 9. The number of nitrogens with zero attached hydrogens (tertiary/aromatic N) is 3. The van der Waals surface area contributed by atoms with Gasteiger partial charge in [0.15, 0.2) is 5.82 Å². The van der Waals surface area contributed by atoms with Gasteiger partial charge in [0.1, 0.15) is 0 Å². The standard InChI is InChI=1S/C52H31N3S/c1-2-13-32(14-3-1)52-53-49(35-25-27-41-39-19-5-4-17-37(39)38-18-6-7-20-40(38)44(41)31-35)51-50(54-52)45-30-34(26-28-48(45)56-51)33-15-12-16-36(29-33)55-46-23-10-8-21-42(46)43-22-9-11-24-47(43)55/h1-31H. The predicted molar refractivity (Wildman–Crippen MR) is 238 cm³/mol. The fourth-order valence-electron chi connectivity index (χ4n) is 8.82. The highest BCUT2D eigenvalue weighted by molar-refractivity contribution is 7.26. The zero-order valence-electron chi connectivity index (χ0n) is 30.1. The zero-order valence-corrected chi connectivity index (χ0v) is 31.0. The van der Waals surface area contributed by atoms with Crippen molar-refractivity contribution in [3.63, 3.8) is 0 Å². The molecule has 0 N–H and O–H groups in total. The third kappa shape index (κ3) is 4.70. The molecule has 0 aliphatic heterocycles. The average molecular weight is 730 g/mol. The Bertz CT molecular complexity index is 3450. The van der Waals surface area contributed by atoms with Gasteiger partial charge in [-0.2, -0.15) is 0 Å². The van der Waals surface area contributed by atoms with Crippen LogP contribution in [-0.2, 0) is 0 Å². The van der Waals surface area contributed by atoms with E-state index in [1.807, 2.05) is 6.07 Å². The lowest BCUT2D eigenvalue weighted by Gasteiger charge is -2.12. The van der Waals surface area contributed by atoms with E-state index >= 15 is 0 Å². The number of hydrogen-bond donors (Lipinski definition) is 0. The maximum atomic E-state index is 5.35. The Morgan fingerprint density at radius 3 is 1.59 bits per heavy atom. The van der Waals surface area contributed by atoms with Crippen LogP contribution < -0.4 is 0 Å². The molecule has 0 spiro atoms. The topological polar surface area (TPSA) is 30.7 Å². The average Bonchev–Trinajstić information content (AvgIpc) is 3.82. The van der Waals surface area contributed by atoms with Crippen molar-refractivity contribution in [2.24, 2.45) is 0 Å². The van der Waals surface area contributed by atoms with Crippen LogP contribution in [0.1, 0.15) is 0 Å². The highest BCUT2D eigenvalue weighted by atomic mass is 32.1. The molecule has 12 rings (SSSR count). The SMILES string of the molecule is c1ccc(-c2nc(-c3ccc4c5ccccc5c5ccccc5c4c3)c3sc4ccc(-c5cccc(-n6c7ccccc7c7ccccc76)c5)cc4c3n2)cc1. The van der Waals surface area contributed by atoms with E-state index in [0.717, 1.165) is 55.1 Å². The molecule has 0 aliphatic rings. The van der Waals surface area contributed by atoms with Crippen molar-refractivity contribution in [3.8, 4) is 39.5 Å². The molecule has 3 heterocycles. The molecule has 4 heteroatoms. The fraction of sp³-hybridized carbons (Fsp3) is 0. The van der Waals surface area contributed by atoms with Crippen LogP contribution in [0.4, 0.5) is 0 Å². The molecule has 0 unspecified atom stereocenters. The van der Waals surface area contributed by atoms with Gasteiger partial charge in [-0.25, -0.2) is 9.97 Å². The van der Waals surface area contributed by atoms with Crippen LogP contribution >= 0.6 is 11.3 Å². The van der Waals surface area contributed by atoms with Gasteiger partial charge >= 0.3 is 0 Å². The summed E-state index contributed by atoms with van der Waals surface area (Å²) in [5.41, 5.74) is 9.91. The summed E-state index contributed by atoms with van der Waals surface area (Å²) in [6.45, 7) is 0. The maximum Gasteiger partial charge on any atom is 0.160 e. The molecule has 0 fully saturated rings. The molecule has 0 aliphatic carbocycles. The van der Waals surface area contributed by atoms with Crippen LogP contribution in [-0.4, -0.2) is 14.5 Å². The second-order valence-corrected chi connectivity index (χ2v) is 15.6. The Labute approximate surface area is 326 Å².